The summed E-state index contributed by atoms with van der Waals surface area (Å²) in [5.41, 5.74) is 0.934. The first-order valence-corrected chi connectivity index (χ1v) is 7.28. The van der Waals surface area contributed by atoms with Gasteiger partial charge in [0.2, 0.25) is 5.91 Å². The fraction of sp³-hybridized carbons (Fsp3) is 0.412. The van der Waals surface area contributed by atoms with E-state index in [2.05, 4.69) is 5.32 Å². The summed E-state index contributed by atoms with van der Waals surface area (Å²) in [6.07, 6.45) is 3.93. The summed E-state index contributed by atoms with van der Waals surface area (Å²) in [5, 5.41) is 2.72. The zero-order valence-corrected chi connectivity index (χ0v) is 12.8. The average Bonchev–Trinajstić information content (AvgIpc) is 2.51. The zero-order valence-electron chi connectivity index (χ0n) is 12.8. The molecule has 0 saturated carbocycles. The maximum absolute atomic E-state index is 12.0. The van der Waals surface area contributed by atoms with Crippen molar-refractivity contribution in [3.63, 3.8) is 0 Å². The summed E-state index contributed by atoms with van der Waals surface area (Å²) in [7, 11) is 0. The van der Waals surface area contributed by atoms with E-state index in [4.69, 9.17) is 4.74 Å². The van der Waals surface area contributed by atoms with E-state index in [1.54, 1.807) is 13.0 Å². The molecule has 1 aromatic carbocycles. The van der Waals surface area contributed by atoms with Gasteiger partial charge in [0.1, 0.15) is 6.04 Å². The number of amides is 1. The molecule has 1 unspecified atom stereocenters. The van der Waals surface area contributed by atoms with Crippen LogP contribution in [-0.4, -0.2) is 24.5 Å². The first kappa shape index (κ1) is 17.0. The van der Waals surface area contributed by atoms with Crippen molar-refractivity contribution in [3.05, 3.63) is 42.0 Å². The minimum Gasteiger partial charge on any atom is -0.464 e. The van der Waals surface area contributed by atoms with Gasteiger partial charge in [0.05, 0.1) is 6.61 Å². The minimum atomic E-state index is -0.608. The molecule has 0 saturated heterocycles. The van der Waals surface area contributed by atoms with Gasteiger partial charge in [-0.2, -0.15) is 0 Å². The van der Waals surface area contributed by atoms with Crippen LogP contribution in [0.25, 0.3) is 6.08 Å². The third kappa shape index (κ3) is 5.81. The zero-order chi connectivity index (χ0) is 15.7. The molecule has 21 heavy (non-hydrogen) atoms. The van der Waals surface area contributed by atoms with Gasteiger partial charge in [-0.3, -0.25) is 4.79 Å². The molecule has 4 nitrogen and oxygen atoms in total. The lowest BCUT2D eigenvalue weighted by atomic mass is 9.99. The van der Waals surface area contributed by atoms with E-state index in [1.807, 2.05) is 44.2 Å². The number of ether oxygens (including phenoxy) is 1. The van der Waals surface area contributed by atoms with Crippen LogP contribution >= 0.6 is 0 Å². The number of carbonyl (C=O) groups is 2. The molecule has 0 radical (unpaired) electrons. The maximum Gasteiger partial charge on any atom is 0.328 e. The second-order valence-corrected chi connectivity index (χ2v) is 4.87. The van der Waals surface area contributed by atoms with Crippen molar-refractivity contribution in [1.29, 1.82) is 0 Å². The van der Waals surface area contributed by atoms with Gasteiger partial charge in [0, 0.05) is 6.08 Å². The molecule has 1 rings (SSSR count). The Kier molecular flexibility index (Phi) is 7.23. The van der Waals surface area contributed by atoms with Gasteiger partial charge in [-0.05, 0) is 24.5 Å². The monoisotopic (exact) mass is 289 g/mol. The molecule has 2 atom stereocenters. The van der Waals surface area contributed by atoms with Crippen LogP contribution in [0, 0.1) is 5.92 Å². The molecule has 0 heterocycles. The third-order valence-electron chi connectivity index (χ3n) is 3.28. The summed E-state index contributed by atoms with van der Waals surface area (Å²) in [6, 6.07) is 8.92. The highest BCUT2D eigenvalue weighted by molar-refractivity contribution is 5.94. The molecular formula is C17H23NO3. The average molecular weight is 289 g/mol. The van der Waals surface area contributed by atoms with Crippen LogP contribution in [-0.2, 0) is 14.3 Å². The molecule has 0 aliphatic carbocycles. The van der Waals surface area contributed by atoms with Crippen molar-refractivity contribution in [2.24, 2.45) is 5.92 Å². The normalized spacial score (nSPS) is 13.7. The molecule has 4 heteroatoms. The van der Waals surface area contributed by atoms with E-state index in [1.165, 1.54) is 6.08 Å². The number of benzene rings is 1. The van der Waals surface area contributed by atoms with Crippen molar-refractivity contribution >= 4 is 18.0 Å². The van der Waals surface area contributed by atoms with Gasteiger partial charge in [0.25, 0.3) is 0 Å². The van der Waals surface area contributed by atoms with Gasteiger partial charge in [0.15, 0.2) is 0 Å². The standard InChI is InChI=1S/C17H23NO3/c1-4-13(3)16(17(20)21-5-2)18-15(19)12-11-14-9-7-6-8-10-14/h6-13,16H,4-5H2,1-3H3,(H,18,19)/b12-11+/t13?,16-/m1/s1. The maximum atomic E-state index is 12.0. The molecule has 0 spiro atoms. The number of carbonyl (C=O) groups excluding carboxylic acids is 2. The molecule has 1 aromatic rings. The molecule has 114 valence electrons. The van der Waals surface area contributed by atoms with Crippen LogP contribution in [0.5, 0.6) is 0 Å². The van der Waals surface area contributed by atoms with Gasteiger partial charge in [-0.1, -0.05) is 50.6 Å². The summed E-state index contributed by atoms with van der Waals surface area (Å²) in [4.78, 5) is 23.8. The van der Waals surface area contributed by atoms with Crippen LogP contribution in [0.1, 0.15) is 32.8 Å². The van der Waals surface area contributed by atoms with Crippen LogP contribution in [0.4, 0.5) is 0 Å². The van der Waals surface area contributed by atoms with E-state index < -0.39 is 6.04 Å². The second-order valence-electron chi connectivity index (χ2n) is 4.87. The number of hydrogen-bond donors (Lipinski definition) is 1. The van der Waals surface area contributed by atoms with Crippen LogP contribution in [0.2, 0.25) is 0 Å². The molecule has 0 fully saturated rings. The quantitative estimate of drug-likeness (QED) is 0.620. The van der Waals surface area contributed by atoms with Crippen molar-refractivity contribution in [3.8, 4) is 0 Å². The van der Waals surface area contributed by atoms with E-state index in [-0.39, 0.29) is 17.8 Å². The number of hydrogen-bond acceptors (Lipinski definition) is 3. The number of esters is 1. The Labute approximate surface area is 126 Å². The Morgan fingerprint density at radius 2 is 1.90 bits per heavy atom. The Balaban J connectivity index is 2.67. The molecule has 0 bridgehead atoms. The smallest absolute Gasteiger partial charge is 0.328 e. The predicted octanol–water partition coefficient (Wildman–Crippen LogP) is 2.79. The fourth-order valence-electron chi connectivity index (χ4n) is 1.84. The molecule has 0 aromatic heterocycles. The van der Waals surface area contributed by atoms with Crippen molar-refractivity contribution in [2.45, 2.75) is 33.2 Å². The van der Waals surface area contributed by atoms with E-state index >= 15 is 0 Å². The second kappa shape index (κ2) is 8.95. The van der Waals surface area contributed by atoms with Gasteiger partial charge >= 0.3 is 5.97 Å². The third-order valence-corrected chi connectivity index (χ3v) is 3.28. The minimum absolute atomic E-state index is 0.0260. The lowest BCUT2D eigenvalue weighted by Crippen LogP contribution is -2.45. The van der Waals surface area contributed by atoms with Crippen molar-refractivity contribution in [1.82, 2.24) is 5.32 Å². The molecule has 0 aliphatic heterocycles. The van der Waals surface area contributed by atoms with Crippen LogP contribution in [0.3, 0.4) is 0 Å². The highest BCUT2D eigenvalue weighted by Gasteiger charge is 2.26. The highest BCUT2D eigenvalue weighted by Crippen LogP contribution is 2.10. The SMILES string of the molecule is CCOC(=O)[C@H](NC(=O)/C=C/c1ccccc1)C(C)CC. The van der Waals surface area contributed by atoms with Gasteiger partial charge in [-0.15, -0.1) is 0 Å². The van der Waals surface area contributed by atoms with Crippen LogP contribution in [0.15, 0.2) is 36.4 Å². The van der Waals surface area contributed by atoms with Gasteiger partial charge < -0.3 is 10.1 Å². The summed E-state index contributed by atoms with van der Waals surface area (Å²) in [6.45, 7) is 5.95. The van der Waals surface area contributed by atoms with E-state index in [0.29, 0.717) is 6.61 Å². The summed E-state index contributed by atoms with van der Waals surface area (Å²) < 4.78 is 5.01. The number of rotatable bonds is 7. The Morgan fingerprint density at radius 3 is 2.48 bits per heavy atom. The van der Waals surface area contributed by atoms with Crippen molar-refractivity contribution in [2.75, 3.05) is 6.61 Å². The first-order valence-electron chi connectivity index (χ1n) is 7.28. The predicted molar refractivity (Wildman–Crippen MR) is 83.5 cm³/mol. The van der Waals surface area contributed by atoms with E-state index in [9.17, 15) is 9.59 Å². The molecule has 1 N–H and O–H groups in total. The van der Waals surface area contributed by atoms with E-state index in [0.717, 1.165) is 12.0 Å². The number of nitrogens with one attached hydrogen (secondary N) is 1. The lowest BCUT2D eigenvalue weighted by molar-refractivity contribution is -0.148. The Bertz CT molecular complexity index is 482. The molecule has 1 amide bonds. The Morgan fingerprint density at radius 1 is 1.24 bits per heavy atom. The summed E-state index contributed by atoms with van der Waals surface area (Å²) in [5.74, 6) is -0.649. The Hall–Kier alpha value is -2.10. The highest BCUT2D eigenvalue weighted by atomic mass is 16.5. The fourth-order valence-corrected chi connectivity index (χ4v) is 1.84. The topological polar surface area (TPSA) is 55.4 Å². The molecular weight excluding hydrogens is 266 g/mol. The molecule has 0 aliphatic rings. The van der Waals surface area contributed by atoms with Gasteiger partial charge in [-0.25, -0.2) is 4.79 Å². The first-order chi connectivity index (χ1) is 10.1. The largest absolute Gasteiger partial charge is 0.464 e. The van der Waals surface area contributed by atoms with Crippen molar-refractivity contribution < 1.29 is 14.3 Å². The van der Waals surface area contributed by atoms with Crippen LogP contribution < -0.4 is 5.32 Å². The lowest BCUT2D eigenvalue weighted by Gasteiger charge is -2.21. The summed E-state index contributed by atoms with van der Waals surface area (Å²) >= 11 is 0.